The Balaban J connectivity index is 1.43. The number of hydrogen-bond donors (Lipinski definition) is 2. The average Bonchev–Trinajstić information content (AvgIpc) is 3.29. The molecule has 7 heteroatoms. The lowest BCUT2D eigenvalue weighted by Crippen LogP contribution is -2.42. The number of imidazole rings is 1. The first-order valence-corrected chi connectivity index (χ1v) is 11.5. The lowest BCUT2D eigenvalue weighted by Gasteiger charge is -2.32. The van der Waals surface area contributed by atoms with Crippen LogP contribution in [0.4, 0.5) is 10.5 Å². The number of aliphatic hydroxyl groups excluding tert-OH is 1. The van der Waals surface area contributed by atoms with Crippen LogP contribution in [0.1, 0.15) is 30.1 Å². The number of pyridine rings is 1. The van der Waals surface area contributed by atoms with Crippen molar-refractivity contribution in [2.45, 2.75) is 25.4 Å². The van der Waals surface area contributed by atoms with E-state index in [-0.39, 0.29) is 18.6 Å². The number of carbonyl (C=O) groups is 1. The van der Waals surface area contributed by atoms with Crippen molar-refractivity contribution in [2.75, 3.05) is 25.5 Å². The van der Waals surface area contributed by atoms with Crippen LogP contribution >= 0.6 is 0 Å². The molecule has 1 atom stereocenters. The molecule has 174 valence electrons. The highest BCUT2D eigenvalue weighted by Gasteiger charge is 2.29. The quantitative estimate of drug-likeness (QED) is 0.447. The van der Waals surface area contributed by atoms with E-state index in [2.05, 4.69) is 15.8 Å². The number of aromatic nitrogens is 2. The van der Waals surface area contributed by atoms with Gasteiger partial charge in [-0.1, -0.05) is 36.4 Å². The fourth-order valence-corrected chi connectivity index (χ4v) is 4.68. The number of fused-ring (bicyclic) bond motifs is 1. The van der Waals surface area contributed by atoms with Crippen LogP contribution in [0, 0.1) is 0 Å². The number of benzene rings is 2. The third-order valence-electron chi connectivity index (χ3n) is 6.42. The molecule has 1 aliphatic heterocycles. The number of aliphatic hydroxyl groups is 1. The highest BCUT2D eigenvalue weighted by Crippen LogP contribution is 2.33. The van der Waals surface area contributed by atoms with Gasteiger partial charge in [0.1, 0.15) is 11.6 Å². The van der Waals surface area contributed by atoms with Crippen molar-refractivity contribution < 1.29 is 14.6 Å². The number of rotatable bonds is 5. The van der Waals surface area contributed by atoms with E-state index in [1.54, 1.807) is 7.11 Å². The zero-order valence-corrected chi connectivity index (χ0v) is 19.1. The van der Waals surface area contributed by atoms with Gasteiger partial charge in [0.25, 0.3) is 0 Å². The summed E-state index contributed by atoms with van der Waals surface area (Å²) in [6.45, 7) is 1.15. The van der Waals surface area contributed by atoms with Crippen LogP contribution in [0.5, 0.6) is 5.75 Å². The molecule has 7 nitrogen and oxygen atoms in total. The van der Waals surface area contributed by atoms with Crippen LogP contribution < -0.4 is 10.1 Å². The van der Waals surface area contributed by atoms with E-state index in [1.807, 2.05) is 71.8 Å². The Morgan fingerprint density at radius 3 is 2.85 bits per heavy atom. The van der Waals surface area contributed by atoms with Crippen molar-refractivity contribution in [1.82, 2.24) is 14.3 Å². The van der Waals surface area contributed by atoms with Crippen LogP contribution in [-0.2, 0) is 6.61 Å². The number of nitrogens with zero attached hydrogens (tertiary/aromatic N) is 3. The van der Waals surface area contributed by atoms with Gasteiger partial charge >= 0.3 is 6.03 Å². The van der Waals surface area contributed by atoms with Crippen LogP contribution in [0.3, 0.4) is 0 Å². The minimum Gasteiger partial charge on any atom is -0.497 e. The zero-order valence-electron chi connectivity index (χ0n) is 19.1. The molecule has 0 unspecified atom stereocenters. The smallest absolute Gasteiger partial charge is 0.321 e. The number of methoxy groups -OCH3 is 1. The minimum absolute atomic E-state index is 0.113. The minimum atomic E-state index is -0.153. The molecular weight excluding hydrogens is 428 g/mol. The van der Waals surface area contributed by atoms with E-state index in [4.69, 9.17) is 9.72 Å². The van der Waals surface area contributed by atoms with E-state index >= 15 is 0 Å². The Hall–Kier alpha value is -3.84. The largest absolute Gasteiger partial charge is 0.497 e. The molecule has 0 radical (unpaired) electrons. The summed E-state index contributed by atoms with van der Waals surface area (Å²) in [6.07, 6.45) is 3.90. The molecule has 1 fully saturated rings. The van der Waals surface area contributed by atoms with Crippen LogP contribution in [0.2, 0.25) is 0 Å². The zero-order chi connectivity index (χ0) is 23.5. The number of para-hydroxylation sites is 1. The number of hydrogen-bond acceptors (Lipinski definition) is 4. The number of nitrogens with one attached hydrogen (secondary N) is 1. The first-order chi connectivity index (χ1) is 16.7. The van der Waals surface area contributed by atoms with Gasteiger partial charge in [0, 0.05) is 42.0 Å². The summed E-state index contributed by atoms with van der Waals surface area (Å²) >= 11 is 0. The van der Waals surface area contributed by atoms with E-state index in [9.17, 15) is 9.90 Å². The predicted octanol–water partition coefficient (Wildman–Crippen LogP) is 4.91. The summed E-state index contributed by atoms with van der Waals surface area (Å²) in [5.41, 5.74) is 4.28. The highest BCUT2D eigenvalue weighted by molar-refractivity contribution is 5.90. The summed E-state index contributed by atoms with van der Waals surface area (Å²) in [5.74, 6) is 1.86. The predicted molar refractivity (Wildman–Crippen MR) is 132 cm³/mol. The standard InChI is InChI=1S/C27H28N4O3/c1-34-22-11-6-9-19(16-22)25-24-13-4-5-15-31(24)26(29-25)20-10-7-14-30(17-20)27(33)28-23-12-3-2-8-21(23)18-32/h2-6,8-9,11-13,15-16,20,32H,7,10,14,17-18H2,1H3,(H,28,33)/t20-/m1/s1. The molecule has 1 saturated heterocycles. The van der Waals surface area contributed by atoms with Gasteiger partial charge in [-0.2, -0.15) is 0 Å². The molecule has 2 N–H and O–H groups in total. The third-order valence-corrected chi connectivity index (χ3v) is 6.42. The maximum atomic E-state index is 13.1. The molecule has 0 spiro atoms. The van der Waals surface area contributed by atoms with Gasteiger partial charge in [-0.05, 0) is 43.2 Å². The van der Waals surface area contributed by atoms with Gasteiger partial charge in [-0.25, -0.2) is 9.78 Å². The van der Waals surface area contributed by atoms with Gasteiger partial charge in [-0.15, -0.1) is 0 Å². The molecule has 2 amide bonds. The maximum absolute atomic E-state index is 13.1. The van der Waals surface area contributed by atoms with Crippen LogP contribution in [-0.4, -0.2) is 45.6 Å². The fourth-order valence-electron chi connectivity index (χ4n) is 4.68. The first kappa shape index (κ1) is 22.0. The van der Waals surface area contributed by atoms with Crippen molar-refractivity contribution in [2.24, 2.45) is 0 Å². The lowest BCUT2D eigenvalue weighted by molar-refractivity contribution is 0.191. The van der Waals surface area contributed by atoms with Gasteiger partial charge in [0.2, 0.25) is 0 Å². The second kappa shape index (κ2) is 9.57. The van der Waals surface area contributed by atoms with Gasteiger partial charge < -0.3 is 24.5 Å². The third kappa shape index (κ3) is 4.22. The van der Waals surface area contributed by atoms with Crippen molar-refractivity contribution in [1.29, 1.82) is 0 Å². The summed E-state index contributed by atoms with van der Waals surface area (Å²) < 4.78 is 7.56. The Kier molecular flexibility index (Phi) is 6.18. The van der Waals surface area contributed by atoms with Crippen LogP contribution in [0.15, 0.2) is 72.9 Å². The molecule has 2 aromatic heterocycles. The normalized spacial score (nSPS) is 15.9. The molecule has 0 saturated carbocycles. The molecule has 5 rings (SSSR count). The summed E-state index contributed by atoms with van der Waals surface area (Å²) in [5, 5.41) is 12.5. The molecule has 34 heavy (non-hydrogen) atoms. The summed E-state index contributed by atoms with van der Waals surface area (Å²) in [7, 11) is 1.66. The monoisotopic (exact) mass is 456 g/mol. The SMILES string of the molecule is COc1cccc(-c2nc([C@@H]3CCCN(C(=O)Nc4ccccc4CO)C3)n3ccccc23)c1. The number of ether oxygens (including phenoxy) is 1. The molecule has 3 heterocycles. The second-order valence-electron chi connectivity index (χ2n) is 8.54. The number of piperidine rings is 1. The maximum Gasteiger partial charge on any atom is 0.321 e. The fraction of sp³-hybridized carbons (Fsp3) is 0.259. The number of urea groups is 1. The van der Waals surface area contributed by atoms with Crippen molar-refractivity contribution in [3.63, 3.8) is 0 Å². The van der Waals surface area contributed by atoms with Gasteiger partial charge in [0.15, 0.2) is 0 Å². The molecule has 4 aromatic rings. The van der Waals surface area contributed by atoms with Crippen molar-refractivity contribution >= 4 is 17.2 Å². The van der Waals surface area contributed by atoms with Crippen molar-refractivity contribution in [3.05, 3.63) is 84.3 Å². The van der Waals surface area contributed by atoms with Gasteiger partial charge in [-0.3, -0.25) is 0 Å². The summed E-state index contributed by atoms with van der Waals surface area (Å²) in [4.78, 5) is 20.0. The molecule has 0 bridgehead atoms. The van der Waals surface area contributed by atoms with E-state index in [0.717, 1.165) is 41.2 Å². The number of carbonyl (C=O) groups excluding carboxylic acids is 1. The van der Waals surface area contributed by atoms with Crippen LogP contribution in [0.25, 0.3) is 16.8 Å². The van der Waals surface area contributed by atoms with E-state index < -0.39 is 0 Å². The molecular formula is C27H28N4O3. The Morgan fingerprint density at radius 2 is 2.00 bits per heavy atom. The molecule has 1 aliphatic rings. The number of amides is 2. The lowest BCUT2D eigenvalue weighted by atomic mass is 9.97. The van der Waals surface area contributed by atoms with E-state index in [1.165, 1.54) is 0 Å². The number of likely N-dealkylation sites (tertiary alicyclic amines) is 1. The molecule has 2 aromatic carbocycles. The first-order valence-electron chi connectivity index (χ1n) is 11.5. The Morgan fingerprint density at radius 1 is 1.15 bits per heavy atom. The second-order valence-corrected chi connectivity index (χ2v) is 8.54. The van der Waals surface area contributed by atoms with E-state index in [0.29, 0.717) is 24.3 Å². The Labute approximate surface area is 198 Å². The van der Waals surface area contributed by atoms with Crippen molar-refractivity contribution in [3.8, 4) is 17.0 Å². The number of anilines is 1. The topological polar surface area (TPSA) is 79.1 Å². The molecule has 0 aliphatic carbocycles. The average molecular weight is 457 g/mol. The Bertz CT molecular complexity index is 1320. The summed E-state index contributed by atoms with van der Waals surface area (Å²) in [6, 6.07) is 21.2. The van der Waals surface area contributed by atoms with Gasteiger partial charge in [0.05, 0.1) is 24.9 Å². The highest BCUT2D eigenvalue weighted by atomic mass is 16.5.